The van der Waals surface area contributed by atoms with Crippen molar-refractivity contribution in [2.24, 2.45) is 11.0 Å². The lowest BCUT2D eigenvalue weighted by Gasteiger charge is -2.33. The zero-order chi connectivity index (χ0) is 24.0. The molecule has 35 heavy (non-hydrogen) atoms. The number of hydrogen-bond acceptors (Lipinski definition) is 4. The fourth-order valence-electron chi connectivity index (χ4n) is 5.19. The minimum Gasteiger partial charge on any atom is -0.497 e. The highest BCUT2D eigenvalue weighted by Crippen LogP contribution is 2.34. The molecule has 0 spiro atoms. The molecule has 0 saturated carbocycles. The number of rotatable bonds is 7. The Balaban J connectivity index is 1.26. The molecule has 2 aliphatic rings. The zero-order valence-corrected chi connectivity index (χ0v) is 20.3. The van der Waals surface area contributed by atoms with Gasteiger partial charge in [0, 0.05) is 6.42 Å². The van der Waals surface area contributed by atoms with Gasteiger partial charge in [-0.1, -0.05) is 72.8 Å². The quantitative estimate of drug-likeness (QED) is 0.472. The van der Waals surface area contributed by atoms with E-state index in [9.17, 15) is 4.79 Å². The molecule has 2 heterocycles. The van der Waals surface area contributed by atoms with Gasteiger partial charge in [0.25, 0.3) is 5.91 Å². The van der Waals surface area contributed by atoms with E-state index < -0.39 is 0 Å². The Bertz CT molecular complexity index is 1140. The fourth-order valence-corrected chi connectivity index (χ4v) is 5.19. The lowest BCUT2D eigenvalue weighted by atomic mass is 9.90. The Morgan fingerprint density at radius 3 is 2.23 bits per heavy atom. The highest BCUT2D eigenvalue weighted by Gasteiger charge is 2.34. The maximum atomic E-state index is 13.5. The highest BCUT2D eigenvalue weighted by atomic mass is 16.5. The molecule has 180 valence electrons. The first-order valence-corrected chi connectivity index (χ1v) is 12.5. The fraction of sp³-hybridized carbons (Fsp3) is 0.333. The van der Waals surface area contributed by atoms with E-state index in [-0.39, 0.29) is 11.9 Å². The van der Waals surface area contributed by atoms with E-state index in [2.05, 4.69) is 47.4 Å². The molecule has 1 atom stereocenters. The summed E-state index contributed by atoms with van der Waals surface area (Å²) < 4.78 is 5.33. The van der Waals surface area contributed by atoms with Gasteiger partial charge in [0.2, 0.25) is 0 Å². The minimum absolute atomic E-state index is 0.0678. The number of nitrogens with zero attached hydrogens (tertiary/aromatic N) is 3. The second-order valence-electron chi connectivity index (χ2n) is 9.55. The van der Waals surface area contributed by atoms with E-state index in [1.807, 2.05) is 42.5 Å². The summed E-state index contributed by atoms with van der Waals surface area (Å²) in [6.45, 7) is 2.33. The van der Waals surface area contributed by atoms with Gasteiger partial charge in [-0.05, 0) is 67.1 Å². The number of carbonyl (C=O) groups excluding carboxylic acids is 1. The number of likely N-dealkylation sites (tertiary alicyclic amines) is 1. The molecule has 5 rings (SSSR count). The monoisotopic (exact) mass is 467 g/mol. The minimum atomic E-state index is -0.0979. The van der Waals surface area contributed by atoms with Gasteiger partial charge in [-0.3, -0.25) is 9.69 Å². The molecule has 1 fully saturated rings. The van der Waals surface area contributed by atoms with Crippen molar-refractivity contribution in [2.75, 3.05) is 26.7 Å². The van der Waals surface area contributed by atoms with Crippen molar-refractivity contribution in [2.45, 2.75) is 31.7 Å². The van der Waals surface area contributed by atoms with Crippen molar-refractivity contribution in [1.29, 1.82) is 0 Å². The van der Waals surface area contributed by atoms with Crippen molar-refractivity contribution >= 4 is 11.6 Å². The standard InChI is InChI=1S/C30H33N3O2/c1-35-27-14-12-26(13-15-27)29-21-28(25-10-6-3-7-11-25)31-33(29)30(34)22-32-18-16-24(17-19-32)20-23-8-4-2-5-9-23/h2-15,24,29H,16-22H2,1H3/t29-/m1/s1. The van der Waals surface area contributed by atoms with Crippen LogP contribution in [0, 0.1) is 5.92 Å². The Hall–Kier alpha value is -3.44. The van der Waals surface area contributed by atoms with Crippen molar-refractivity contribution in [3.8, 4) is 5.75 Å². The number of carbonyl (C=O) groups is 1. The van der Waals surface area contributed by atoms with Crippen LogP contribution in [0.3, 0.4) is 0 Å². The SMILES string of the molecule is COc1ccc([C@H]2CC(c3ccccc3)=NN2C(=O)CN2CCC(Cc3ccccc3)CC2)cc1. The van der Waals surface area contributed by atoms with Crippen LogP contribution >= 0.6 is 0 Å². The van der Waals surface area contributed by atoms with E-state index in [0.717, 1.165) is 54.9 Å². The van der Waals surface area contributed by atoms with E-state index in [1.165, 1.54) is 5.56 Å². The summed E-state index contributed by atoms with van der Waals surface area (Å²) in [6.07, 6.45) is 4.09. The first-order valence-electron chi connectivity index (χ1n) is 12.5. The normalized spacial score (nSPS) is 18.9. The Kier molecular flexibility index (Phi) is 7.24. The summed E-state index contributed by atoms with van der Waals surface area (Å²) in [6, 6.07) is 28.8. The van der Waals surface area contributed by atoms with Gasteiger partial charge < -0.3 is 4.74 Å². The first-order chi connectivity index (χ1) is 17.2. The number of piperidine rings is 1. The molecule has 0 aliphatic carbocycles. The lowest BCUT2D eigenvalue weighted by molar-refractivity contribution is -0.134. The first kappa shape index (κ1) is 23.3. The van der Waals surface area contributed by atoms with Crippen LogP contribution in [0.1, 0.15) is 42.0 Å². The molecule has 0 bridgehead atoms. The van der Waals surface area contributed by atoms with Gasteiger partial charge in [-0.25, -0.2) is 5.01 Å². The Labute approximate surface area is 208 Å². The van der Waals surface area contributed by atoms with Crippen LogP contribution in [0.15, 0.2) is 90.0 Å². The Morgan fingerprint density at radius 1 is 0.914 bits per heavy atom. The van der Waals surface area contributed by atoms with Crippen LogP contribution in [0.4, 0.5) is 0 Å². The van der Waals surface area contributed by atoms with Crippen molar-refractivity contribution < 1.29 is 9.53 Å². The van der Waals surface area contributed by atoms with E-state index >= 15 is 0 Å². The zero-order valence-electron chi connectivity index (χ0n) is 20.3. The van der Waals surface area contributed by atoms with Gasteiger partial charge in [0.05, 0.1) is 25.4 Å². The van der Waals surface area contributed by atoms with Gasteiger partial charge in [-0.2, -0.15) is 5.10 Å². The molecule has 0 N–H and O–H groups in total. The molecule has 0 unspecified atom stereocenters. The predicted molar refractivity (Wildman–Crippen MR) is 139 cm³/mol. The molecule has 1 amide bonds. The van der Waals surface area contributed by atoms with E-state index in [0.29, 0.717) is 18.9 Å². The topological polar surface area (TPSA) is 45.1 Å². The lowest BCUT2D eigenvalue weighted by Crippen LogP contribution is -2.42. The number of ether oxygens (including phenoxy) is 1. The van der Waals surface area contributed by atoms with Crippen molar-refractivity contribution in [3.63, 3.8) is 0 Å². The third-order valence-electron chi connectivity index (χ3n) is 7.21. The number of hydrogen-bond donors (Lipinski definition) is 0. The molecular formula is C30H33N3O2. The third kappa shape index (κ3) is 5.63. The molecular weight excluding hydrogens is 434 g/mol. The summed E-state index contributed by atoms with van der Waals surface area (Å²) >= 11 is 0. The van der Waals surface area contributed by atoms with Crippen LogP contribution in [-0.4, -0.2) is 48.3 Å². The van der Waals surface area contributed by atoms with Crippen LogP contribution in [0.2, 0.25) is 0 Å². The van der Waals surface area contributed by atoms with Crippen LogP contribution in [0.5, 0.6) is 5.75 Å². The number of hydrazone groups is 1. The van der Waals surface area contributed by atoms with Crippen LogP contribution < -0.4 is 4.74 Å². The number of amides is 1. The largest absolute Gasteiger partial charge is 0.497 e. The Morgan fingerprint density at radius 2 is 1.57 bits per heavy atom. The van der Waals surface area contributed by atoms with Gasteiger partial charge in [0.1, 0.15) is 5.75 Å². The molecule has 2 aliphatic heterocycles. The average Bonchev–Trinajstić information content (AvgIpc) is 3.37. The highest BCUT2D eigenvalue weighted by molar-refractivity contribution is 6.03. The van der Waals surface area contributed by atoms with E-state index in [1.54, 1.807) is 12.1 Å². The molecule has 3 aromatic carbocycles. The summed E-state index contributed by atoms with van der Waals surface area (Å²) in [7, 11) is 1.67. The maximum Gasteiger partial charge on any atom is 0.257 e. The van der Waals surface area contributed by atoms with Crippen LogP contribution in [-0.2, 0) is 11.2 Å². The molecule has 5 nitrogen and oxygen atoms in total. The summed E-state index contributed by atoms with van der Waals surface area (Å²) in [5.74, 6) is 1.57. The molecule has 5 heteroatoms. The smallest absolute Gasteiger partial charge is 0.257 e. The summed E-state index contributed by atoms with van der Waals surface area (Å²) in [5, 5.41) is 6.56. The second-order valence-corrected chi connectivity index (χ2v) is 9.55. The third-order valence-corrected chi connectivity index (χ3v) is 7.21. The molecule has 0 radical (unpaired) electrons. The predicted octanol–water partition coefficient (Wildman–Crippen LogP) is 5.33. The average molecular weight is 468 g/mol. The summed E-state index contributed by atoms with van der Waals surface area (Å²) in [4.78, 5) is 15.8. The van der Waals surface area contributed by atoms with Crippen LogP contribution in [0.25, 0.3) is 0 Å². The van der Waals surface area contributed by atoms with Gasteiger partial charge in [-0.15, -0.1) is 0 Å². The molecule has 0 aromatic heterocycles. The molecule has 3 aromatic rings. The van der Waals surface area contributed by atoms with E-state index in [4.69, 9.17) is 9.84 Å². The molecule has 1 saturated heterocycles. The second kappa shape index (κ2) is 10.9. The number of methoxy groups -OCH3 is 1. The maximum absolute atomic E-state index is 13.5. The van der Waals surface area contributed by atoms with Crippen molar-refractivity contribution in [3.05, 3.63) is 102 Å². The van der Waals surface area contributed by atoms with Crippen molar-refractivity contribution in [1.82, 2.24) is 9.91 Å². The van der Waals surface area contributed by atoms with Gasteiger partial charge >= 0.3 is 0 Å². The van der Waals surface area contributed by atoms with Gasteiger partial charge in [0.15, 0.2) is 0 Å². The number of benzene rings is 3. The summed E-state index contributed by atoms with van der Waals surface area (Å²) in [5.41, 5.74) is 4.52.